The minimum absolute atomic E-state index is 0.347. The van der Waals surface area contributed by atoms with Gasteiger partial charge in [-0.15, -0.1) is 0 Å². The highest BCUT2D eigenvalue weighted by atomic mass is 16.5. The van der Waals surface area contributed by atoms with Crippen LogP contribution in [0.5, 0.6) is 5.88 Å². The standard InChI is InChI=1S/C20H28N4O2/c1-3-5-10-13-21-20(25)23-17-15-19(26-14-6-4-2)24(22-16-17)18-11-8-7-9-12-18/h7-9,11-12,15-16H,3-6,10,13-14H2,1-2H3,(H,21,25)/b23-17-. The van der Waals surface area contributed by atoms with E-state index in [1.54, 1.807) is 16.9 Å². The lowest BCUT2D eigenvalue weighted by Gasteiger charge is -2.13. The number of amides is 2. The fourth-order valence-electron chi connectivity index (χ4n) is 2.37. The van der Waals surface area contributed by atoms with Gasteiger partial charge in [0.15, 0.2) is 0 Å². The van der Waals surface area contributed by atoms with Crippen LogP contribution < -0.4 is 15.4 Å². The number of carbonyl (C=O) groups excluding carboxylic acids is 1. The van der Waals surface area contributed by atoms with Gasteiger partial charge in [-0.1, -0.05) is 51.3 Å². The summed E-state index contributed by atoms with van der Waals surface area (Å²) in [5.41, 5.74) is 0.898. The summed E-state index contributed by atoms with van der Waals surface area (Å²) in [6.07, 6.45) is 6.75. The number of unbranched alkanes of at least 4 members (excludes halogenated alkanes) is 3. The number of para-hydroxylation sites is 1. The first-order valence-electron chi connectivity index (χ1n) is 9.34. The van der Waals surface area contributed by atoms with E-state index in [1.807, 2.05) is 30.3 Å². The third kappa shape index (κ3) is 6.35. The van der Waals surface area contributed by atoms with Crippen molar-refractivity contribution in [1.29, 1.82) is 0 Å². The predicted octanol–water partition coefficient (Wildman–Crippen LogP) is 3.85. The molecule has 0 radical (unpaired) electrons. The van der Waals surface area contributed by atoms with Crippen LogP contribution in [0.1, 0.15) is 46.0 Å². The Hall–Kier alpha value is -2.63. The Morgan fingerprint density at radius 3 is 2.65 bits per heavy atom. The zero-order chi connectivity index (χ0) is 18.6. The molecule has 2 aromatic rings. The number of nitrogens with one attached hydrogen (secondary N) is 1. The topological polar surface area (TPSA) is 68.5 Å². The first-order chi connectivity index (χ1) is 12.7. The maximum absolute atomic E-state index is 11.9. The van der Waals surface area contributed by atoms with E-state index in [0.29, 0.717) is 24.4 Å². The second-order valence-corrected chi connectivity index (χ2v) is 6.05. The molecule has 0 saturated heterocycles. The first kappa shape index (κ1) is 19.7. The van der Waals surface area contributed by atoms with E-state index >= 15 is 0 Å². The lowest BCUT2D eigenvalue weighted by atomic mass is 10.2. The molecule has 6 nitrogen and oxygen atoms in total. The normalized spacial score (nSPS) is 11.4. The summed E-state index contributed by atoms with van der Waals surface area (Å²) in [7, 11) is 0. The molecule has 6 heteroatoms. The molecule has 0 aliphatic carbocycles. The zero-order valence-corrected chi connectivity index (χ0v) is 15.6. The molecular formula is C20H28N4O2. The van der Waals surface area contributed by atoms with Gasteiger partial charge in [0.25, 0.3) is 0 Å². The smallest absolute Gasteiger partial charge is 0.341 e. The van der Waals surface area contributed by atoms with Gasteiger partial charge in [0.1, 0.15) is 0 Å². The highest BCUT2D eigenvalue weighted by molar-refractivity contribution is 5.74. The van der Waals surface area contributed by atoms with Gasteiger partial charge in [-0.2, -0.15) is 10.1 Å². The van der Waals surface area contributed by atoms with Crippen LogP contribution in [0.25, 0.3) is 5.69 Å². The van der Waals surface area contributed by atoms with Crippen LogP contribution >= 0.6 is 0 Å². The molecule has 2 amide bonds. The third-order valence-electron chi connectivity index (χ3n) is 3.82. The summed E-state index contributed by atoms with van der Waals surface area (Å²) in [6.45, 7) is 5.48. The molecule has 1 aromatic heterocycles. The summed E-state index contributed by atoms with van der Waals surface area (Å²) >= 11 is 0. The van der Waals surface area contributed by atoms with Gasteiger partial charge in [0.05, 0.1) is 23.8 Å². The van der Waals surface area contributed by atoms with Crippen molar-refractivity contribution >= 4 is 6.03 Å². The van der Waals surface area contributed by atoms with Crippen molar-refractivity contribution in [3.63, 3.8) is 0 Å². The molecule has 0 fully saturated rings. The van der Waals surface area contributed by atoms with Crippen LogP contribution in [0, 0.1) is 0 Å². The summed E-state index contributed by atoms with van der Waals surface area (Å²) in [4.78, 5) is 16.0. The zero-order valence-electron chi connectivity index (χ0n) is 15.6. The fraction of sp³-hybridized carbons (Fsp3) is 0.450. The van der Waals surface area contributed by atoms with Gasteiger partial charge in [0, 0.05) is 12.6 Å². The number of rotatable bonds is 9. The van der Waals surface area contributed by atoms with Crippen molar-refractivity contribution in [1.82, 2.24) is 15.1 Å². The Bertz CT molecular complexity index is 741. The molecule has 1 aromatic carbocycles. The average Bonchev–Trinajstić information content (AvgIpc) is 2.66. The number of nitrogens with zero attached hydrogens (tertiary/aromatic N) is 3. The van der Waals surface area contributed by atoms with Crippen LogP contribution in [0.3, 0.4) is 0 Å². The molecular weight excluding hydrogens is 328 g/mol. The van der Waals surface area contributed by atoms with E-state index < -0.39 is 0 Å². The Morgan fingerprint density at radius 2 is 1.92 bits per heavy atom. The number of benzene rings is 1. The molecule has 1 N–H and O–H groups in total. The van der Waals surface area contributed by atoms with Crippen molar-refractivity contribution in [2.75, 3.05) is 13.2 Å². The molecule has 26 heavy (non-hydrogen) atoms. The predicted molar refractivity (Wildman–Crippen MR) is 102 cm³/mol. The van der Waals surface area contributed by atoms with Gasteiger partial charge in [0.2, 0.25) is 5.88 Å². The van der Waals surface area contributed by atoms with Crippen molar-refractivity contribution < 1.29 is 9.53 Å². The van der Waals surface area contributed by atoms with Crippen LogP contribution in [-0.2, 0) is 0 Å². The molecule has 0 unspecified atom stereocenters. The molecule has 0 saturated carbocycles. The maximum atomic E-state index is 11.9. The second kappa shape index (κ2) is 11.1. The van der Waals surface area contributed by atoms with Gasteiger partial charge in [-0.25, -0.2) is 9.48 Å². The number of urea groups is 1. The monoisotopic (exact) mass is 356 g/mol. The van der Waals surface area contributed by atoms with E-state index in [4.69, 9.17) is 4.74 Å². The highest BCUT2D eigenvalue weighted by Crippen LogP contribution is 2.14. The highest BCUT2D eigenvalue weighted by Gasteiger charge is 2.06. The lowest BCUT2D eigenvalue weighted by molar-refractivity contribution is 0.248. The molecule has 140 valence electrons. The second-order valence-electron chi connectivity index (χ2n) is 6.05. The molecule has 2 rings (SSSR count). The Kier molecular flexibility index (Phi) is 8.39. The largest absolute Gasteiger partial charge is 0.478 e. The summed E-state index contributed by atoms with van der Waals surface area (Å²) in [6, 6.07) is 11.2. The molecule has 0 atom stereocenters. The maximum Gasteiger partial charge on any atom is 0.341 e. The van der Waals surface area contributed by atoms with Crippen molar-refractivity contribution in [2.45, 2.75) is 46.0 Å². The number of hydrogen-bond donors (Lipinski definition) is 1. The van der Waals surface area contributed by atoms with Crippen LogP contribution in [0.4, 0.5) is 4.79 Å². The summed E-state index contributed by atoms with van der Waals surface area (Å²) in [5.74, 6) is 0.574. The lowest BCUT2D eigenvalue weighted by Crippen LogP contribution is -2.24. The number of carbonyl (C=O) groups is 1. The Morgan fingerprint density at radius 1 is 1.15 bits per heavy atom. The van der Waals surface area contributed by atoms with Gasteiger partial charge in [-0.3, -0.25) is 0 Å². The molecule has 0 aliphatic rings. The van der Waals surface area contributed by atoms with Crippen LogP contribution in [0.15, 0.2) is 47.6 Å². The average molecular weight is 356 g/mol. The Labute approximate surface area is 154 Å². The molecule has 0 aliphatic heterocycles. The minimum Gasteiger partial charge on any atom is -0.478 e. The van der Waals surface area contributed by atoms with Crippen molar-refractivity contribution in [2.24, 2.45) is 4.99 Å². The molecule has 0 spiro atoms. The number of hydrogen-bond acceptors (Lipinski definition) is 3. The number of ether oxygens (including phenoxy) is 1. The molecule has 0 bridgehead atoms. The van der Waals surface area contributed by atoms with E-state index in [2.05, 4.69) is 29.3 Å². The van der Waals surface area contributed by atoms with E-state index in [-0.39, 0.29) is 6.03 Å². The third-order valence-corrected chi connectivity index (χ3v) is 3.82. The fourth-order valence-corrected chi connectivity index (χ4v) is 2.37. The van der Waals surface area contributed by atoms with Crippen molar-refractivity contribution in [3.8, 4) is 11.6 Å². The van der Waals surface area contributed by atoms with E-state index in [0.717, 1.165) is 37.8 Å². The minimum atomic E-state index is -0.347. The number of aromatic nitrogens is 2. The van der Waals surface area contributed by atoms with Crippen LogP contribution in [0.2, 0.25) is 0 Å². The summed E-state index contributed by atoms with van der Waals surface area (Å²) < 4.78 is 7.59. The Balaban J connectivity index is 2.19. The van der Waals surface area contributed by atoms with E-state index in [9.17, 15) is 4.79 Å². The van der Waals surface area contributed by atoms with Gasteiger partial charge >= 0.3 is 6.03 Å². The van der Waals surface area contributed by atoms with Crippen LogP contribution in [-0.4, -0.2) is 29.0 Å². The summed E-state index contributed by atoms with van der Waals surface area (Å²) in [5, 5.41) is 7.69. The quantitative estimate of drug-likeness (QED) is 0.694. The van der Waals surface area contributed by atoms with Crippen molar-refractivity contribution in [3.05, 3.63) is 48.0 Å². The SMILES string of the molecule is CCCCCNC(=O)/N=c1\cnn(-c2ccccc2)c(OCCCC)c1. The van der Waals surface area contributed by atoms with Gasteiger partial charge < -0.3 is 10.1 Å². The molecule has 1 heterocycles. The first-order valence-corrected chi connectivity index (χ1v) is 9.34. The van der Waals surface area contributed by atoms with E-state index in [1.165, 1.54) is 0 Å². The van der Waals surface area contributed by atoms with Gasteiger partial charge in [-0.05, 0) is 25.0 Å².